The van der Waals surface area contributed by atoms with Crippen molar-refractivity contribution in [1.82, 2.24) is 4.98 Å². The molecule has 0 aliphatic carbocycles. The van der Waals surface area contributed by atoms with Crippen molar-refractivity contribution in [2.45, 2.75) is 5.41 Å². The summed E-state index contributed by atoms with van der Waals surface area (Å²) in [6, 6.07) is 3.86. The van der Waals surface area contributed by atoms with E-state index in [9.17, 15) is 5.11 Å². The minimum atomic E-state index is -0.172. The largest absolute Gasteiger partial charge is 0.395 e. The lowest BCUT2D eigenvalue weighted by molar-refractivity contribution is -0.0843. The van der Waals surface area contributed by atoms with E-state index in [-0.39, 0.29) is 12.0 Å². The molecular formula is C9H11NO2. The smallest absolute Gasteiger partial charge is 0.0666 e. The van der Waals surface area contributed by atoms with Gasteiger partial charge >= 0.3 is 0 Å². The van der Waals surface area contributed by atoms with E-state index < -0.39 is 0 Å². The van der Waals surface area contributed by atoms with Crippen molar-refractivity contribution >= 4 is 0 Å². The normalized spacial score (nSPS) is 20.1. The van der Waals surface area contributed by atoms with E-state index in [0.29, 0.717) is 13.2 Å². The molecule has 0 radical (unpaired) electrons. The van der Waals surface area contributed by atoms with E-state index in [1.54, 1.807) is 12.4 Å². The van der Waals surface area contributed by atoms with Crippen LogP contribution in [-0.2, 0) is 10.2 Å². The molecule has 0 spiro atoms. The third kappa shape index (κ3) is 1.02. The predicted molar refractivity (Wildman–Crippen MR) is 43.8 cm³/mol. The van der Waals surface area contributed by atoms with Crippen LogP contribution in [-0.4, -0.2) is 29.9 Å². The average molecular weight is 165 g/mol. The van der Waals surface area contributed by atoms with Gasteiger partial charge in [-0.05, 0) is 11.6 Å². The Morgan fingerprint density at radius 3 is 2.83 bits per heavy atom. The first-order chi connectivity index (χ1) is 5.87. The Morgan fingerprint density at radius 2 is 2.42 bits per heavy atom. The Kier molecular flexibility index (Phi) is 1.83. The maximum atomic E-state index is 9.18. The highest BCUT2D eigenvalue weighted by atomic mass is 16.5. The van der Waals surface area contributed by atoms with Gasteiger partial charge in [-0.25, -0.2) is 0 Å². The quantitative estimate of drug-likeness (QED) is 0.687. The van der Waals surface area contributed by atoms with Crippen LogP contribution in [0.4, 0.5) is 0 Å². The van der Waals surface area contributed by atoms with Crippen LogP contribution < -0.4 is 0 Å². The van der Waals surface area contributed by atoms with Crippen molar-refractivity contribution in [2.75, 3.05) is 19.8 Å². The maximum absolute atomic E-state index is 9.18. The van der Waals surface area contributed by atoms with Crippen LogP contribution >= 0.6 is 0 Å². The van der Waals surface area contributed by atoms with Crippen LogP contribution in [0.5, 0.6) is 0 Å². The molecule has 1 aliphatic heterocycles. The second-order valence-corrected chi connectivity index (χ2v) is 3.17. The molecule has 0 bridgehead atoms. The number of pyridine rings is 1. The monoisotopic (exact) mass is 165 g/mol. The molecule has 64 valence electrons. The molecule has 0 atom stereocenters. The lowest BCUT2D eigenvalue weighted by Crippen LogP contribution is -2.49. The number of ether oxygens (including phenoxy) is 1. The highest BCUT2D eigenvalue weighted by molar-refractivity contribution is 5.24. The molecule has 1 aromatic heterocycles. The number of hydrogen-bond acceptors (Lipinski definition) is 3. The van der Waals surface area contributed by atoms with Crippen LogP contribution in [0, 0.1) is 0 Å². The standard InChI is InChI=1S/C9H11NO2/c11-5-9(6-12-7-9)8-2-1-3-10-4-8/h1-4,11H,5-7H2. The van der Waals surface area contributed by atoms with E-state index in [2.05, 4.69) is 4.98 Å². The molecule has 1 saturated heterocycles. The first-order valence-electron chi connectivity index (χ1n) is 3.96. The molecule has 1 N–H and O–H groups in total. The molecule has 2 rings (SSSR count). The molecule has 1 fully saturated rings. The van der Waals surface area contributed by atoms with Crippen LogP contribution in [0.1, 0.15) is 5.56 Å². The highest BCUT2D eigenvalue weighted by Crippen LogP contribution is 2.30. The molecule has 0 aromatic carbocycles. The molecule has 0 saturated carbocycles. The third-order valence-electron chi connectivity index (χ3n) is 2.33. The van der Waals surface area contributed by atoms with Crippen molar-refractivity contribution in [2.24, 2.45) is 0 Å². The number of aliphatic hydroxyl groups excluding tert-OH is 1. The molecule has 1 aliphatic rings. The van der Waals surface area contributed by atoms with Gasteiger partial charge in [0.2, 0.25) is 0 Å². The summed E-state index contributed by atoms with van der Waals surface area (Å²) in [7, 11) is 0. The fourth-order valence-electron chi connectivity index (χ4n) is 1.37. The number of nitrogens with zero attached hydrogens (tertiary/aromatic N) is 1. The molecule has 3 nitrogen and oxygen atoms in total. The van der Waals surface area contributed by atoms with Gasteiger partial charge in [-0.2, -0.15) is 0 Å². The van der Waals surface area contributed by atoms with Gasteiger partial charge in [-0.1, -0.05) is 6.07 Å². The predicted octanol–water partition coefficient (Wildman–Crippen LogP) is 0.342. The van der Waals surface area contributed by atoms with Crippen LogP contribution in [0.25, 0.3) is 0 Å². The summed E-state index contributed by atoms with van der Waals surface area (Å²) in [5.74, 6) is 0. The van der Waals surface area contributed by atoms with Crippen molar-refractivity contribution < 1.29 is 9.84 Å². The molecule has 2 heterocycles. The molecule has 0 amide bonds. The molecule has 0 unspecified atom stereocenters. The van der Waals surface area contributed by atoms with Gasteiger partial charge in [-0.3, -0.25) is 4.98 Å². The van der Waals surface area contributed by atoms with Crippen molar-refractivity contribution in [1.29, 1.82) is 0 Å². The van der Waals surface area contributed by atoms with Crippen LogP contribution in [0.3, 0.4) is 0 Å². The van der Waals surface area contributed by atoms with Gasteiger partial charge in [0.15, 0.2) is 0 Å². The Hall–Kier alpha value is -0.930. The van der Waals surface area contributed by atoms with Crippen molar-refractivity contribution in [3.8, 4) is 0 Å². The second kappa shape index (κ2) is 2.84. The summed E-state index contributed by atoms with van der Waals surface area (Å²) >= 11 is 0. The number of aliphatic hydroxyl groups is 1. The zero-order chi connectivity index (χ0) is 8.44. The zero-order valence-electron chi connectivity index (χ0n) is 6.73. The SMILES string of the molecule is OCC1(c2cccnc2)COC1. The van der Waals surface area contributed by atoms with Crippen LogP contribution in [0.15, 0.2) is 24.5 Å². The van der Waals surface area contributed by atoms with E-state index in [0.717, 1.165) is 5.56 Å². The maximum Gasteiger partial charge on any atom is 0.0666 e. The van der Waals surface area contributed by atoms with E-state index in [1.807, 2.05) is 12.1 Å². The summed E-state index contributed by atoms with van der Waals surface area (Å²) in [6.45, 7) is 1.35. The number of rotatable bonds is 2. The van der Waals surface area contributed by atoms with Gasteiger partial charge < -0.3 is 9.84 Å². The Labute approximate surface area is 71.0 Å². The highest BCUT2D eigenvalue weighted by Gasteiger charge is 2.39. The lowest BCUT2D eigenvalue weighted by atomic mass is 9.80. The number of aromatic nitrogens is 1. The molecule has 3 heteroatoms. The summed E-state index contributed by atoms with van der Waals surface area (Å²) < 4.78 is 5.10. The minimum absolute atomic E-state index is 0.138. The molecule has 1 aromatic rings. The first kappa shape index (κ1) is 7.71. The van der Waals surface area contributed by atoms with E-state index >= 15 is 0 Å². The summed E-state index contributed by atoms with van der Waals surface area (Å²) in [5, 5.41) is 9.18. The van der Waals surface area contributed by atoms with Gasteiger partial charge in [-0.15, -0.1) is 0 Å². The van der Waals surface area contributed by atoms with Crippen LogP contribution in [0.2, 0.25) is 0 Å². The fourth-order valence-corrected chi connectivity index (χ4v) is 1.37. The average Bonchev–Trinajstić information content (AvgIpc) is 2.05. The summed E-state index contributed by atoms with van der Waals surface area (Å²) in [4.78, 5) is 4.01. The minimum Gasteiger partial charge on any atom is -0.395 e. The van der Waals surface area contributed by atoms with Gasteiger partial charge in [0, 0.05) is 12.4 Å². The lowest BCUT2D eigenvalue weighted by Gasteiger charge is -2.39. The Morgan fingerprint density at radius 1 is 1.58 bits per heavy atom. The van der Waals surface area contributed by atoms with Gasteiger partial charge in [0.1, 0.15) is 0 Å². The van der Waals surface area contributed by atoms with Crippen molar-refractivity contribution in [3.05, 3.63) is 30.1 Å². The topological polar surface area (TPSA) is 42.4 Å². The fraction of sp³-hybridized carbons (Fsp3) is 0.444. The molecular weight excluding hydrogens is 154 g/mol. The molecule has 12 heavy (non-hydrogen) atoms. The zero-order valence-corrected chi connectivity index (χ0v) is 6.73. The van der Waals surface area contributed by atoms with Crippen molar-refractivity contribution in [3.63, 3.8) is 0 Å². The van der Waals surface area contributed by atoms with Gasteiger partial charge in [0.25, 0.3) is 0 Å². The third-order valence-corrected chi connectivity index (χ3v) is 2.33. The van der Waals surface area contributed by atoms with E-state index in [1.165, 1.54) is 0 Å². The summed E-state index contributed by atoms with van der Waals surface area (Å²) in [5.41, 5.74) is 0.896. The number of hydrogen-bond donors (Lipinski definition) is 1. The Balaban J connectivity index is 2.28. The second-order valence-electron chi connectivity index (χ2n) is 3.17. The Bertz CT molecular complexity index is 251. The first-order valence-corrected chi connectivity index (χ1v) is 3.96. The summed E-state index contributed by atoms with van der Waals surface area (Å²) in [6.07, 6.45) is 3.52. The van der Waals surface area contributed by atoms with E-state index in [4.69, 9.17) is 4.74 Å². The van der Waals surface area contributed by atoms with Gasteiger partial charge in [0.05, 0.1) is 25.2 Å².